The van der Waals surface area contributed by atoms with Crippen LogP contribution in [0.3, 0.4) is 0 Å². The average molecular weight is 244 g/mol. The van der Waals surface area contributed by atoms with E-state index in [1.54, 1.807) is 0 Å². The first-order chi connectivity index (χ1) is 7.70. The van der Waals surface area contributed by atoms with E-state index in [1.807, 2.05) is 0 Å². The first-order valence-corrected chi connectivity index (χ1v) is 6.39. The van der Waals surface area contributed by atoms with E-state index in [9.17, 15) is 0 Å². The average Bonchev–Trinajstić information content (AvgIpc) is 2.71. The molecule has 16 heavy (non-hydrogen) atoms. The number of hydrogen-bond donors (Lipinski definition) is 0. The monoisotopic (exact) mass is 243 g/mol. The van der Waals surface area contributed by atoms with Crippen molar-refractivity contribution >= 4 is 17.6 Å². The van der Waals surface area contributed by atoms with Crippen molar-refractivity contribution in [2.24, 2.45) is 5.92 Å². The van der Waals surface area contributed by atoms with Gasteiger partial charge in [0.25, 0.3) is 0 Å². The molecule has 1 aromatic rings. The van der Waals surface area contributed by atoms with Crippen LogP contribution in [-0.4, -0.2) is 28.7 Å². The van der Waals surface area contributed by atoms with Gasteiger partial charge in [0.05, 0.1) is 0 Å². The molecule has 2 rings (SSSR count). The fourth-order valence-corrected chi connectivity index (χ4v) is 2.26. The van der Waals surface area contributed by atoms with E-state index < -0.39 is 0 Å². The van der Waals surface area contributed by atoms with Gasteiger partial charge < -0.3 is 9.32 Å². The SMILES string of the molecule is CC1CCC(C)N(c2nnc(CCCl)o2)C1. The highest BCUT2D eigenvalue weighted by molar-refractivity contribution is 6.17. The van der Waals surface area contributed by atoms with Crippen molar-refractivity contribution in [3.63, 3.8) is 0 Å². The molecule has 0 aliphatic carbocycles. The van der Waals surface area contributed by atoms with Gasteiger partial charge in [-0.3, -0.25) is 0 Å². The highest BCUT2D eigenvalue weighted by atomic mass is 35.5. The molecule has 0 radical (unpaired) electrons. The normalized spacial score (nSPS) is 26.1. The lowest BCUT2D eigenvalue weighted by atomic mass is 9.96. The van der Waals surface area contributed by atoms with Gasteiger partial charge in [0, 0.05) is 24.9 Å². The third kappa shape index (κ3) is 2.48. The zero-order chi connectivity index (χ0) is 11.5. The van der Waals surface area contributed by atoms with Gasteiger partial charge in [-0.15, -0.1) is 16.7 Å². The summed E-state index contributed by atoms with van der Waals surface area (Å²) in [6, 6.07) is 1.14. The summed E-state index contributed by atoms with van der Waals surface area (Å²) in [7, 11) is 0. The molecular weight excluding hydrogens is 226 g/mol. The van der Waals surface area contributed by atoms with Crippen LogP contribution in [0, 0.1) is 5.92 Å². The Kier molecular flexibility index (Phi) is 3.69. The molecule has 2 atom stereocenters. The molecule has 2 heterocycles. The minimum absolute atomic E-state index is 0.487. The second-order valence-corrected chi connectivity index (χ2v) is 4.98. The van der Waals surface area contributed by atoms with Crippen LogP contribution < -0.4 is 4.90 Å². The van der Waals surface area contributed by atoms with E-state index in [2.05, 4.69) is 28.9 Å². The van der Waals surface area contributed by atoms with Gasteiger partial charge in [-0.1, -0.05) is 12.0 Å². The number of alkyl halides is 1. The van der Waals surface area contributed by atoms with Crippen LogP contribution >= 0.6 is 11.6 Å². The predicted octanol–water partition coefficient (Wildman–Crippen LogP) is 2.48. The molecule has 0 spiro atoms. The second-order valence-electron chi connectivity index (χ2n) is 4.60. The number of piperidine rings is 1. The third-order valence-corrected chi connectivity index (χ3v) is 3.32. The zero-order valence-corrected chi connectivity index (χ0v) is 10.6. The lowest BCUT2D eigenvalue weighted by molar-refractivity contribution is 0.361. The Labute approximate surface area is 101 Å². The smallest absolute Gasteiger partial charge is 0.318 e. The fourth-order valence-electron chi connectivity index (χ4n) is 2.10. The van der Waals surface area contributed by atoms with Crippen molar-refractivity contribution in [1.29, 1.82) is 0 Å². The first kappa shape index (κ1) is 11.7. The van der Waals surface area contributed by atoms with Gasteiger partial charge in [0.2, 0.25) is 5.89 Å². The third-order valence-electron chi connectivity index (χ3n) is 3.13. The Morgan fingerprint density at radius 2 is 2.19 bits per heavy atom. The Morgan fingerprint density at radius 1 is 1.38 bits per heavy atom. The van der Waals surface area contributed by atoms with Gasteiger partial charge >= 0.3 is 6.01 Å². The van der Waals surface area contributed by atoms with E-state index in [0.29, 0.717) is 36.2 Å². The second kappa shape index (κ2) is 5.04. The molecular formula is C11H18ClN3O. The number of anilines is 1. The summed E-state index contributed by atoms with van der Waals surface area (Å²) in [5.41, 5.74) is 0. The lowest BCUT2D eigenvalue weighted by Gasteiger charge is -2.35. The Bertz CT molecular complexity index is 342. The molecule has 1 aliphatic rings. The van der Waals surface area contributed by atoms with E-state index >= 15 is 0 Å². The van der Waals surface area contributed by atoms with Crippen molar-refractivity contribution < 1.29 is 4.42 Å². The molecule has 0 amide bonds. The Hall–Kier alpha value is -0.770. The minimum atomic E-state index is 0.487. The largest absolute Gasteiger partial charge is 0.408 e. The number of nitrogens with zero attached hydrogens (tertiary/aromatic N) is 3. The number of rotatable bonds is 3. The van der Waals surface area contributed by atoms with Crippen LogP contribution in [0.15, 0.2) is 4.42 Å². The number of hydrogen-bond acceptors (Lipinski definition) is 4. The molecule has 1 aliphatic heterocycles. The molecule has 5 heteroatoms. The highest BCUT2D eigenvalue weighted by Crippen LogP contribution is 2.26. The van der Waals surface area contributed by atoms with Crippen LogP contribution in [0.4, 0.5) is 6.01 Å². The summed E-state index contributed by atoms with van der Waals surface area (Å²) in [6.07, 6.45) is 3.11. The van der Waals surface area contributed by atoms with E-state index in [-0.39, 0.29) is 0 Å². The maximum absolute atomic E-state index is 5.64. The maximum atomic E-state index is 5.64. The fraction of sp³-hybridized carbons (Fsp3) is 0.818. The summed E-state index contributed by atoms with van der Waals surface area (Å²) >= 11 is 5.64. The van der Waals surface area contributed by atoms with Crippen LogP contribution in [0.25, 0.3) is 0 Å². The van der Waals surface area contributed by atoms with Crippen molar-refractivity contribution in [2.45, 2.75) is 39.2 Å². The van der Waals surface area contributed by atoms with Crippen LogP contribution in [0.1, 0.15) is 32.6 Å². The zero-order valence-electron chi connectivity index (χ0n) is 9.82. The summed E-state index contributed by atoms with van der Waals surface area (Å²) in [5.74, 6) is 1.85. The van der Waals surface area contributed by atoms with Gasteiger partial charge in [0.15, 0.2) is 0 Å². The van der Waals surface area contributed by atoms with Crippen molar-refractivity contribution in [3.8, 4) is 0 Å². The van der Waals surface area contributed by atoms with Crippen molar-refractivity contribution in [2.75, 3.05) is 17.3 Å². The van der Waals surface area contributed by atoms with Crippen molar-refractivity contribution in [3.05, 3.63) is 5.89 Å². The molecule has 2 unspecified atom stereocenters. The predicted molar refractivity (Wildman–Crippen MR) is 63.9 cm³/mol. The Morgan fingerprint density at radius 3 is 2.94 bits per heavy atom. The summed E-state index contributed by atoms with van der Waals surface area (Å²) in [5, 5.41) is 8.09. The summed E-state index contributed by atoms with van der Waals surface area (Å²) < 4.78 is 5.60. The number of halogens is 1. The molecule has 90 valence electrons. The molecule has 1 saturated heterocycles. The minimum Gasteiger partial charge on any atom is -0.408 e. The number of aryl methyl sites for hydroxylation is 1. The molecule has 4 nitrogen and oxygen atoms in total. The van der Waals surface area contributed by atoms with Crippen LogP contribution in [-0.2, 0) is 6.42 Å². The maximum Gasteiger partial charge on any atom is 0.318 e. The standard InChI is InChI=1S/C11H18ClN3O/c1-8-3-4-9(2)15(7-8)11-14-13-10(16-11)5-6-12/h8-9H,3-7H2,1-2H3. The molecule has 1 fully saturated rings. The van der Waals surface area contributed by atoms with Crippen LogP contribution in [0.5, 0.6) is 0 Å². The van der Waals surface area contributed by atoms with E-state index in [4.69, 9.17) is 16.0 Å². The lowest BCUT2D eigenvalue weighted by Crippen LogP contribution is -2.41. The molecule has 0 saturated carbocycles. The van der Waals surface area contributed by atoms with Gasteiger partial charge in [0.1, 0.15) is 0 Å². The van der Waals surface area contributed by atoms with E-state index in [0.717, 1.165) is 6.54 Å². The highest BCUT2D eigenvalue weighted by Gasteiger charge is 2.26. The molecule has 0 bridgehead atoms. The molecule has 0 aromatic carbocycles. The van der Waals surface area contributed by atoms with Gasteiger partial charge in [-0.2, -0.15) is 0 Å². The van der Waals surface area contributed by atoms with E-state index in [1.165, 1.54) is 12.8 Å². The van der Waals surface area contributed by atoms with Gasteiger partial charge in [-0.05, 0) is 25.7 Å². The van der Waals surface area contributed by atoms with Gasteiger partial charge in [-0.25, -0.2) is 0 Å². The van der Waals surface area contributed by atoms with Crippen molar-refractivity contribution in [1.82, 2.24) is 10.2 Å². The number of aromatic nitrogens is 2. The Balaban J connectivity index is 2.08. The summed E-state index contributed by atoms with van der Waals surface area (Å²) in [4.78, 5) is 2.21. The summed E-state index contributed by atoms with van der Waals surface area (Å²) in [6.45, 7) is 5.47. The first-order valence-electron chi connectivity index (χ1n) is 5.85. The quantitative estimate of drug-likeness (QED) is 0.765. The topological polar surface area (TPSA) is 42.2 Å². The molecule has 1 aromatic heterocycles. The molecule has 0 N–H and O–H groups in total. The van der Waals surface area contributed by atoms with Crippen LogP contribution in [0.2, 0.25) is 0 Å².